The first-order valence-corrected chi connectivity index (χ1v) is 6.95. The molecule has 5 nitrogen and oxygen atoms in total. The van der Waals surface area contributed by atoms with Crippen LogP contribution in [0.15, 0.2) is 24.3 Å². The molecule has 1 heterocycles. The average molecular weight is 275 g/mol. The molecule has 2 amide bonds. The van der Waals surface area contributed by atoms with Crippen LogP contribution in [0.1, 0.15) is 22.8 Å². The Bertz CT molecular complexity index is 496. The summed E-state index contributed by atoms with van der Waals surface area (Å²) in [4.78, 5) is 26.1. The summed E-state index contributed by atoms with van der Waals surface area (Å²) in [6.45, 7) is 6.69. The topological polar surface area (TPSA) is 61.4 Å². The largest absolute Gasteiger partial charge is 0.341 e. The molecule has 1 fully saturated rings. The number of carbonyl (C=O) groups is 2. The lowest BCUT2D eigenvalue weighted by molar-refractivity contribution is -0.133. The highest BCUT2D eigenvalue weighted by atomic mass is 16.2. The summed E-state index contributed by atoms with van der Waals surface area (Å²) in [5.41, 5.74) is 1.61. The molecule has 1 saturated heterocycles. The van der Waals surface area contributed by atoms with Crippen LogP contribution < -0.4 is 10.6 Å². The number of amides is 2. The zero-order valence-electron chi connectivity index (χ0n) is 12.0. The molecule has 0 aromatic heterocycles. The second-order valence-electron chi connectivity index (χ2n) is 5.14. The maximum atomic E-state index is 12.2. The lowest BCUT2D eigenvalue weighted by Crippen LogP contribution is -2.53. The quantitative estimate of drug-likeness (QED) is 0.846. The van der Waals surface area contributed by atoms with Crippen molar-refractivity contribution in [1.29, 1.82) is 0 Å². The third kappa shape index (κ3) is 3.57. The van der Waals surface area contributed by atoms with Crippen LogP contribution in [0.4, 0.5) is 0 Å². The number of nitrogens with zero attached hydrogens (tertiary/aromatic N) is 1. The van der Waals surface area contributed by atoms with E-state index in [1.165, 1.54) is 0 Å². The third-order valence-electron chi connectivity index (χ3n) is 3.43. The number of benzene rings is 1. The molecule has 1 atom stereocenters. The SMILES string of the molecule is Cc1cccc(C(=O)NC(C)C(=O)N2CCNCC2)c1. The van der Waals surface area contributed by atoms with E-state index in [-0.39, 0.29) is 11.8 Å². The van der Waals surface area contributed by atoms with Gasteiger partial charge in [0, 0.05) is 31.7 Å². The number of hydrogen-bond donors (Lipinski definition) is 2. The number of nitrogens with one attached hydrogen (secondary N) is 2. The monoisotopic (exact) mass is 275 g/mol. The van der Waals surface area contributed by atoms with Gasteiger partial charge in [-0.3, -0.25) is 9.59 Å². The molecular weight excluding hydrogens is 254 g/mol. The molecule has 2 N–H and O–H groups in total. The van der Waals surface area contributed by atoms with Gasteiger partial charge in [0.2, 0.25) is 5.91 Å². The van der Waals surface area contributed by atoms with Crippen LogP contribution in [0.5, 0.6) is 0 Å². The second-order valence-corrected chi connectivity index (χ2v) is 5.14. The molecular formula is C15H21N3O2. The van der Waals surface area contributed by atoms with E-state index in [4.69, 9.17) is 0 Å². The predicted molar refractivity (Wildman–Crippen MR) is 77.6 cm³/mol. The van der Waals surface area contributed by atoms with Crippen LogP contribution in [0.25, 0.3) is 0 Å². The zero-order valence-corrected chi connectivity index (χ0v) is 12.0. The minimum atomic E-state index is -0.499. The maximum Gasteiger partial charge on any atom is 0.251 e. The highest BCUT2D eigenvalue weighted by Gasteiger charge is 2.23. The number of aryl methyl sites for hydroxylation is 1. The van der Waals surface area contributed by atoms with Crippen LogP contribution in [-0.2, 0) is 4.79 Å². The van der Waals surface area contributed by atoms with E-state index in [0.29, 0.717) is 18.7 Å². The molecule has 1 aliphatic rings. The summed E-state index contributed by atoms with van der Waals surface area (Å²) in [5.74, 6) is -0.225. The second kappa shape index (κ2) is 6.52. The van der Waals surface area contributed by atoms with Gasteiger partial charge in [0.15, 0.2) is 0 Å². The molecule has 1 aromatic rings. The van der Waals surface area contributed by atoms with Crippen LogP contribution in [0.3, 0.4) is 0 Å². The van der Waals surface area contributed by atoms with Gasteiger partial charge in [-0.2, -0.15) is 0 Å². The average Bonchev–Trinajstić information content (AvgIpc) is 2.47. The summed E-state index contributed by atoms with van der Waals surface area (Å²) in [5, 5.41) is 5.97. The summed E-state index contributed by atoms with van der Waals surface area (Å²) >= 11 is 0. The van der Waals surface area contributed by atoms with Crippen molar-refractivity contribution in [3.63, 3.8) is 0 Å². The molecule has 2 rings (SSSR count). The fourth-order valence-electron chi connectivity index (χ4n) is 2.29. The fraction of sp³-hybridized carbons (Fsp3) is 0.467. The van der Waals surface area contributed by atoms with E-state index in [9.17, 15) is 9.59 Å². The Morgan fingerprint density at radius 2 is 2.00 bits per heavy atom. The normalized spacial score (nSPS) is 16.6. The first kappa shape index (κ1) is 14.5. The van der Waals surface area contributed by atoms with Crippen LogP contribution in [0, 0.1) is 6.92 Å². The van der Waals surface area contributed by atoms with E-state index in [0.717, 1.165) is 18.7 Å². The minimum Gasteiger partial charge on any atom is -0.341 e. The smallest absolute Gasteiger partial charge is 0.251 e. The van der Waals surface area contributed by atoms with Gasteiger partial charge in [-0.25, -0.2) is 0 Å². The van der Waals surface area contributed by atoms with Crippen molar-refractivity contribution >= 4 is 11.8 Å². The maximum absolute atomic E-state index is 12.2. The van der Waals surface area contributed by atoms with Crippen LogP contribution in [-0.4, -0.2) is 48.9 Å². The Kier molecular flexibility index (Phi) is 4.74. The Morgan fingerprint density at radius 3 is 2.65 bits per heavy atom. The molecule has 0 saturated carbocycles. The molecule has 0 aliphatic carbocycles. The van der Waals surface area contributed by atoms with Gasteiger partial charge < -0.3 is 15.5 Å². The first-order valence-electron chi connectivity index (χ1n) is 6.95. The Balaban J connectivity index is 1.94. The minimum absolute atomic E-state index is 0.0208. The fourth-order valence-corrected chi connectivity index (χ4v) is 2.29. The van der Waals surface area contributed by atoms with Crippen molar-refractivity contribution < 1.29 is 9.59 Å². The van der Waals surface area contributed by atoms with Gasteiger partial charge in [0.25, 0.3) is 5.91 Å². The van der Waals surface area contributed by atoms with Crippen molar-refractivity contribution in [2.24, 2.45) is 0 Å². The predicted octanol–water partition coefficient (Wildman–Crippen LogP) is 0.545. The summed E-state index contributed by atoms with van der Waals surface area (Å²) in [6.07, 6.45) is 0. The lowest BCUT2D eigenvalue weighted by Gasteiger charge is -2.30. The Labute approximate surface area is 119 Å². The summed E-state index contributed by atoms with van der Waals surface area (Å²) in [6, 6.07) is 6.85. The van der Waals surface area contributed by atoms with E-state index < -0.39 is 6.04 Å². The van der Waals surface area contributed by atoms with Gasteiger partial charge in [0.05, 0.1) is 0 Å². The number of rotatable bonds is 3. The van der Waals surface area contributed by atoms with Crippen molar-refractivity contribution in [3.8, 4) is 0 Å². The molecule has 0 bridgehead atoms. The van der Waals surface area contributed by atoms with Crippen molar-refractivity contribution in [2.75, 3.05) is 26.2 Å². The van der Waals surface area contributed by atoms with Gasteiger partial charge in [-0.1, -0.05) is 17.7 Å². The lowest BCUT2D eigenvalue weighted by atomic mass is 10.1. The molecule has 1 aliphatic heterocycles. The van der Waals surface area contributed by atoms with Gasteiger partial charge in [-0.05, 0) is 26.0 Å². The van der Waals surface area contributed by atoms with Crippen molar-refractivity contribution in [1.82, 2.24) is 15.5 Å². The third-order valence-corrected chi connectivity index (χ3v) is 3.43. The Hall–Kier alpha value is -1.88. The summed E-state index contributed by atoms with van der Waals surface area (Å²) < 4.78 is 0. The van der Waals surface area contributed by atoms with E-state index in [1.54, 1.807) is 17.9 Å². The van der Waals surface area contributed by atoms with E-state index in [1.807, 2.05) is 25.1 Å². The summed E-state index contributed by atoms with van der Waals surface area (Å²) in [7, 11) is 0. The Morgan fingerprint density at radius 1 is 1.30 bits per heavy atom. The first-order chi connectivity index (χ1) is 9.58. The molecule has 20 heavy (non-hydrogen) atoms. The van der Waals surface area contributed by atoms with Crippen molar-refractivity contribution in [3.05, 3.63) is 35.4 Å². The van der Waals surface area contributed by atoms with Crippen molar-refractivity contribution in [2.45, 2.75) is 19.9 Å². The number of carbonyl (C=O) groups excluding carboxylic acids is 2. The van der Waals surface area contributed by atoms with Crippen LogP contribution >= 0.6 is 0 Å². The molecule has 108 valence electrons. The number of piperazine rings is 1. The molecule has 1 aromatic carbocycles. The highest BCUT2D eigenvalue weighted by molar-refractivity contribution is 5.97. The van der Waals surface area contributed by atoms with Gasteiger partial charge in [0.1, 0.15) is 6.04 Å². The zero-order chi connectivity index (χ0) is 14.5. The molecule has 0 radical (unpaired) electrons. The van der Waals surface area contributed by atoms with E-state index >= 15 is 0 Å². The van der Waals surface area contributed by atoms with E-state index in [2.05, 4.69) is 10.6 Å². The van der Waals surface area contributed by atoms with Gasteiger partial charge >= 0.3 is 0 Å². The number of hydrogen-bond acceptors (Lipinski definition) is 3. The molecule has 1 unspecified atom stereocenters. The van der Waals surface area contributed by atoms with Gasteiger partial charge in [-0.15, -0.1) is 0 Å². The highest BCUT2D eigenvalue weighted by Crippen LogP contribution is 2.05. The standard InChI is InChI=1S/C15H21N3O2/c1-11-4-3-5-13(10-11)14(19)17-12(2)15(20)18-8-6-16-7-9-18/h3-5,10,12,16H,6-9H2,1-2H3,(H,17,19). The molecule has 5 heteroatoms. The molecule has 0 spiro atoms. The van der Waals surface area contributed by atoms with Crippen LogP contribution in [0.2, 0.25) is 0 Å².